The number of halogens is 1. The van der Waals surface area contributed by atoms with E-state index in [1.54, 1.807) is 17.1 Å². The number of nitrogens with two attached hydrogens (primary N) is 1. The van der Waals surface area contributed by atoms with Crippen LogP contribution < -0.4 is 11.1 Å². The number of aromatic carboxylic acids is 1. The minimum atomic E-state index is -1.06. The van der Waals surface area contributed by atoms with Gasteiger partial charge in [-0.2, -0.15) is 5.10 Å². The van der Waals surface area contributed by atoms with Crippen LogP contribution in [0.25, 0.3) is 20.9 Å². The Morgan fingerprint density at radius 1 is 1.23 bits per heavy atom. The fraction of sp³-hybridized carbons (Fsp3) is 0.158. The minimum Gasteiger partial charge on any atom is -0.478 e. The summed E-state index contributed by atoms with van der Waals surface area (Å²) in [5.41, 5.74) is 6.39. The number of aromatic nitrogens is 4. The first kappa shape index (κ1) is 20.4. The highest BCUT2D eigenvalue weighted by Crippen LogP contribution is 2.23. The van der Waals surface area contributed by atoms with E-state index in [2.05, 4.69) is 42.2 Å². The molecule has 0 aliphatic carbocycles. The van der Waals surface area contributed by atoms with Gasteiger partial charge in [-0.25, -0.2) is 19.2 Å². The van der Waals surface area contributed by atoms with Crippen LogP contribution in [0.5, 0.6) is 0 Å². The molecule has 0 atom stereocenters. The van der Waals surface area contributed by atoms with E-state index >= 15 is 0 Å². The molecule has 150 valence electrons. The standard InChI is InChI=1S/C19H15FN8O2/c20-16-10-24-19(27-17(16)13-1-3-14(4-2-13)18(29)30)26-15-9-25-28(11-15)8-7-23-12-22-6-5-21/h1-4,9-11H,5,8,12,21H2/p+2. The second-order valence-electron chi connectivity index (χ2n) is 5.80. The highest BCUT2D eigenvalue weighted by Gasteiger charge is 2.12. The molecule has 0 unspecified atom stereocenters. The summed E-state index contributed by atoms with van der Waals surface area (Å²) < 4.78 is 15.8. The summed E-state index contributed by atoms with van der Waals surface area (Å²) in [6.45, 7) is 0.749. The molecule has 4 N–H and O–H groups in total. The van der Waals surface area contributed by atoms with Crippen molar-refractivity contribution in [2.45, 2.75) is 6.54 Å². The van der Waals surface area contributed by atoms with Gasteiger partial charge in [-0.1, -0.05) is 12.1 Å². The molecule has 11 heteroatoms. The third kappa shape index (κ3) is 5.34. The largest absolute Gasteiger partial charge is 0.551 e. The van der Waals surface area contributed by atoms with Crippen molar-refractivity contribution in [1.29, 1.82) is 0 Å². The Bertz CT molecular complexity index is 1170. The van der Waals surface area contributed by atoms with Gasteiger partial charge in [-0.05, 0) is 12.1 Å². The van der Waals surface area contributed by atoms with Gasteiger partial charge in [0.1, 0.15) is 12.2 Å². The number of carboxylic acid groups (broad SMARTS) is 1. The van der Waals surface area contributed by atoms with Crippen molar-refractivity contribution in [3.8, 4) is 23.4 Å². The zero-order chi connectivity index (χ0) is 21.3. The van der Waals surface area contributed by atoms with E-state index in [4.69, 9.17) is 10.8 Å². The minimum absolute atomic E-state index is 0.0483. The molecule has 2 heterocycles. The number of nitrogens with zero attached hydrogens (tertiary/aromatic N) is 6. The van der Waals surface area contributed by atoms with Crippen molar-refractivity contribution in [2.24, 2.45) is 5.73 Å². The van der Waals surface area contributed by atoms with Crippen molar-refractivity contribution in [3.63, 3.8) is 0 Å². The van der Waals surface area contributed by atoms with E-state index in [1.807, 2.05) is 0 Å². The van der Waals surface area contributed by atoms with E-state index < -0.39 is 11.8 Å². The number of nitrogens with one attached hydrogen (secondary N) is 1. The molecule has 0 aliphatic rings. The molecule has 0 amide bonds. The number of anilines is 2. The lowest BCUT2D eigenvalue weighted by atomic mass is 10.1. The smallest absolute Gasteiger partial charge is 0.478 e. The monoisotopic (exact) mass is 408 g/mol. The van der Waals surface area contributed by atoms with Gasteiger partial charge in [0.05, 0.1) is 23.6 Å². The normalized spacial score (nSPS) is 9.80. The molecule has 0 bridgehead atoms. The Morgan fingerprint density at radius 2 is 2.00 bits per heavy atom. The van der Waals surface area contributed by atoms with Crippen LogP contribution in [0.1, 0.15) is 10.4 Å². The fourth-order valence-electron chi connectivity index (χ4n) is 2.37. The first-order chi connectivity index (χ1) is 14.6. The molecule has 0 saturated heterocycles. The van der Waals surface area contributed by atoms with Crippen LogP contribution >= 0.6 is 0 Å². The van der Waals surface area contributed by atoms with Gasteiger partial charge in [0.2, 0.25) is 5.95 Å². The van der Waals surface area contributed by atoms with Gasteiger partial charge in [0, 0.05) is 21.5 Å². The predicted molar refractivity (Wildman–Crippen MR) is 108 cm³/mol. The van der Waals surface area contributed by atoms with E-state index in [-0.39, 0.29) is 30.4 Å². The van der Waals surface area contributed by atoms with Gasteiger partial charge < -0.3 is 16.2 Å². The molecule has 0 radical (unpaired) electrons. The molecule has 0 spiro atoms. The maximum atomic E-state index is 14.2. The van der Waals surface area contributed by atoms with Gasteiger partial charge >= 0.3 is 18.7 Å². The average Bonchev–Trinajstić information content (AvgIpc) is 3.19. The first-order valence-electron chi connectivity index (χ1n) is 8.71. The van der Waals surface area contributed by atoms with Gasteiger partial charge in [-0.15, -0.1) is 0 Å². The molecule has 0 fully saturated rings. The molecule has 2 aromatic heterocycles. The number of hydrogen-bond acceptors (Lipinski definition) is 6. The van der Waals surface area contributed by atoms with E-state index in [9.17, 15) is 9.18 Å². The molecule has 3 rings (SSSR count). The van der Waals surface area contributed by atoms with E-state index in [0.717, 1.165) is 6.20 Å². The Balaban J connectivity index is 1.70. The van der Waals surface area contributed by atoms with Crippen LogP contribution in [0.2, 0.25) is 0 Å². The van der Waals surface area contributed by atoms with Gasteiger partial charge in [-0.3, -0.25) is 4.68 Å². The number of benzene rings is 1. The van der Waals surface area contributed by atoms with Gasteiger partial charge in [0.15, 0.2) is 12.4 Å². The van der Waals surface area contributed by atoms with Crippen LogP contribution in [0.15, 0.2) is 42.9 Å². The Morgan fingerprint density at radius 3 is 2.73 bits per heavy atom. The van der Waals surface area contributed by atoms with Crippen LogP contribution in [-0.4, -0.2) is 44.0 Å². The molecule has 0 aliphatic heterocycles. The highest BCUT2D eigenvalue weighted by molar-refractivity contribution is 5.88. The number of rotatable bonds is 5. The average molecular weight is 408 g/mol. The maximum Gasteiger partial charge on any atom is 0.551 e. The molecule has 3 aromatic rings. The molecular formula is C19H17FN8O2+2. The van der Waals surface area contributed by atoms with Crippen molar-refractivity contribution >= 4 is 17.6 Å². The zero-order valence-electron chi connectivity index (χ0n) is 15.7. The third-order valence-corrected chi connectivity index (χ3v) is 3.73. The quantitative estimate of drug-likeness (QED) is 0.554. The van der Waals surface area contributed by atoms with Crippen molar-refractivity contribution in [2.75, 3.05) is 18.5 Å². The maximum absolute atomic E-state index is 14.2. The fourth-order valence-corrected chi connectivity index (χ4v) is 2.37. The summed E-state index contributed by atoms with van der Waals surface area (Å²) in [6.07, 6.45) is 4.28. The van der Waals surface area contributed by atoms with Gasteiger partial charge in [0.25, 0.3) is 6.07 Å². The highest BCUT2D eigenvalue weighted by atomic mass is 19.1. The molecule has 30 heavy (non-hydrogen) atoms. The van der Waals surface area contributed by atoms with Crippen LogP contribution in [0.4, 0.5) is 16.0 Å². The number of carbonyl (C=O) groups is 1. The Hall–Kier alpha value is -4.35. The summed E-state index contributed by atoms with van der Waals surface area (Å²) in [4.78, 5) is 26.8. The Labute approximate surface area is 170 Å². The van der Waals surface area contributed by atoms with Crippen molar-refractivity contribution in [3.05, 3.63) is 63.9 Å². The summed E-state index contributed by atoms with van der Waals surface area (Å²) >= 11 is 0. The zero-order valence-corrected chi connectivity index (χ0v) is 15.7. The second-order valence-corrected chi connectivity index (χ2v) is 5.80. The lowest BCUT2D eigenvalue weighted by Gasteiger charge is -2.06. The first-order valence-corrected chi connectivity index (χ1v) is 8.71. The van der Waals surface area contributed by atoms with Crippen LogP contribution in [0.3, 0.4) is 0 Å². The lowest BCUT2D eigenvalue weighted by Crippen LogP contribution is -2.01. The summed E-state index contributed by atoms with van der Waals surface area (Å²) in [5.74, 6) is -1.52. The Kier molecular flexibility index (Phi) is 6.61. The SMILES string of the molecule is NCC#[N+]C[N+]#CCn1cc(Nc2ncc(F)c(-c3ccc(C(=O)O)cc3)n2)cn1. The molecular weight excluding hydrogens is 391 g/mol. The number of hydrogen-bond donors (Lipinski definition) is 3. The van der Waals surface area contributed by atoms with E-state index in [1.165, 1.54) is 24.3 Å². The third-order valence-electron chi connectivity index (χ3n) is 3.73. The molecule has 0 saturated carbocycles. The number of carboxylic acids is 1. The summed E-state index contributed by atoms with van der Waals surface area (Å²) in [5, 5.41) is 16.1. The summed E-state index contributed by atoms with van der Waals surface area (Å²) in [7, 11) is 0. The molecule has 1 aromatic carbocycles. The molecule has 10 nitrogen and oxygen atoms in total. The second kappa shape index (κ2) is 9.73. The van der Waals surface area contributed by atoms with Crippen LogP contribution in [-0.2, 0) is 6.54 Å². The lowest BCUT2D eigenvalue weighted by molar-refractivity contribution is 0.0697. The van der Waals surface area contributed by atoms with E-state index in [0.29, 0.717) is 17.8 Å². The topological polar surface area (TPSA) is 128 Å². The van der Waals surface area contributed by atoms with Crippen LogP contribution in [0, 0.1) is 18.0 Å². The van der Waals surface area contributed by atoms with Crippen molar-refractivity contribution < 1.29 is 14.3 Å². The van der Waals surface area contributed by atoms with Crippen molar-refractivity contribution in [1.82, 2.24) is 19.7 Å². The predicted octanol–water partition coefficient (Wildman–Crippen LogP) is 2.50. The summed E-state index contributed by atoms with van der Waals surface area (Å²) in [6, 6.07) is 11.1.